The Morgan fingerprint density at radius 1 is 0.341 bits per heavy atom. The first-order valence-corrected chi connectivity index (χ1v) is 26.1. The summed E-state index contributed by atoms with van der Waals surface area (Å²) in [5, 5.41) is 2.24. The molecule has 6 rings (SSSR count). The van der Waals surface area contributed by atoms with Gasteiger partial charge >= 0.3 is 288 Å². The van der Waals surface area contributed by atoms with Gasteiger partial charge in [-0.25, -0.2) is 0 Å². The molecule has 0 aromatic carbocycles. The van der Waals surface area contributed by atoms with Crippen LogP contribution >= 0.6 is 14.5 Å². The maximum absolute atomic E-state index is 3.76. The normalized spacial score (nSPS) is 28.1. The van der Waals surface area contributed by atoms with Gasteiger partial charge < -0.3 is 0 Å². The van der Waals surface area contributed by atoms with E-state index in [0.29, 0.717) is 0 Å². The molecule has 0 N–H and O–H groups in total. The van der Waals surface area contributed by atoms with Crippen molar-refractivity contribution in [3.05, 3.63) is 10.9 Å². The van der Waals surface area contributed by atoms with Crippen LogP contribution in [0.3, 0.4) is 0 Å². The molecule has 0 atom stereocenters. The molecule has 6 aliphatic carbocycles. The van der Waals surface area contributed by atoms with Crippen molar-refractivity contribution in [2.75, 3.05) is 0 Å². The molecule has 0 bridgehead atoms. The predicted octanol–water partition coefficient (Wildman–Crippen LogP) is 13.5. The van der Waals surface area contributed by atoms with Gasteiger partial charge in [0.05, 0.1) is 0 Å². The van der Waals surface area contributed by atoms with E-state index in [1.807, 2.05) is 5.57 Å². The van der Waals surface area contributed by atoms with E-state index in [1.165, 1.54) is 38.5 Å². The molecule has 3 heteroatoms. The fourth-order valence-corrected chi connectivity index (χ4v) is 36.1. The van der Waals surface area contributed by atoms with E-state index in [9.17, 15) is 0 Å². The summed E-state index contributed by atoms with van der Waals surface area (Å²) in [4.78, 5) is 0. The fourth-order valence-electron chi connectivity index (χ4n) is 13.7. The Morgan fingerprint density at radius 3 is 0.750 bits per heavy atom. The van der Waals surface area contributed by atoms with Crippen LogP contribution in [0.4, 0.5) is 0 Å². The minimum atomic E-state index is -1.79. The molecule has 6 aliphatic rings. The van der Waals surface area contributed by atoms with Gasteiger partial charge in [-0.2, -0.15) is 0 Å². The Kier molecular flexibility index (Phi) is 13.2. The summed E-state index contributed by atoms with van der Waals surface area (Å²) in [7, 11) is -3.55. The topological polar surface area (TPSA) is 0 Å². The molecule has 6 fully saturated rings. The number of hydrogen-bond donors (Lipinski definition) is 0. The molecular weight excluding hydrogens is 655 g/mol. The van der Waals surface area contributed by atoms with E-state index >= 15 is 0 Å². The Balaban J connectivity index is 1.56. The van der Waals surface area contributed by atoms with E-state index in [0.717, 1.165) is 34.0 Å². The number of allylic oxidation sites excluding steroid dienone is 2. The molecule has 0 saturated heterocycles. The van der Waals surface area contributed by atoms with Crippen molar-refractivity contribution in [2.24, 2.45) is 0 Å². The number of rotatable bonds is 9. The molecule has 0 aromatic heterocycles. The van der Waals surface area contributed by atoms with Crippen LogP contribution in [-0.2, 0) is 17.9 Å². The third kappa shape index (κ3) is 6.91. The zero-order valence-electron chi connectivity index (χ0n) is 29.5. The van der Waals surface area contributed by atoms with Gasteiger partial charge in [-0.05, 0) is 0 Å². The monoisotopic (exact) mass is 730 g/mol. The van der Waals surface area contributed by atoms with Crippen molar-refractivity contribution in [3.63, 3.8) is 0 Å². The van der Waals surface area contributed by atoms with Crippen LogP contribution in [0.15, 0.2) is 10.9 Å². The van der Waals surface area contributed by atoms with Gasteiger partial charge in [-0.15, -0.1) is 0 Å². The summed E-state index contributed by atoms with van der Waals surface area (Å²) in [6.07, 6.45) is 47.2. The minimum absolute atomic E-state index is 1.10. The van der Waals surface area contributed by atoms with Crippen LogP contribution in [0.25, 0.3) is 0 Å². The van der Waals surface area contributed by atoms with Gasteiger partial charge in [0, 0.05) is 0 Å². The van der Waals surface area contributed by atoms with Crippen molar-refractivity contribution in [2.45, 2.75) is 240 Å². The molecule has 0 radical (unpaired) electrons. The second-order valence-electron chi connectivity index (χ2n) is 17.6. The van der Waals surface area contributed by atoms with E-state index < -0.39 is 14.5 Å². The SMILES string of the molecule is CC(C)=C([C](=[Ru])[PH](C1CCCCC1)(C1CCCCC1)C1CCCCC1)[PH](C1CCCCC1)(C1CCCCC1)C1CCCCC1. The quantitative estimate of drug-likeness (QED) is 0.164. The molecule has 0 nitrogen and oxygen atoms in total. The second-order valence-corrected chi connectivity index (χ2v) is 28.8. The summed E-state index contributed by atoms with van der Waals surface area (Å²) in [5.74, 6) is 0. The van der Waals surface area contributed by atoms with Crippen molar-refractivity contribution in [3.8, 4) is 0 Å². The first-order chi connectivity index (χ1) is 21.6. The molecule has 256 valence electrons. The Hall–Kier alpha value is 1.09. The predicted molar refractivity (Wildman–Crippen MR) is 201 cm³/mol. The molecule has 0 aromatic rings. The standard InChI is InChI=1S/C41H74P2.Ru/c1-34(2)41(43(38-27-15-6-16-28-38,39-29-17-7-18-30-39)40-31-19-8-20-32-40)33-42(35-21-9-3-10-22-35,36-23-11-4-12-24-36)37-25-13-5-14-26-37;/h35-40,42-43H,3-32H2,1-2H3;. The van der Waals surface area contributed by atoms with Crippen molar-refractivity contribution in [1.29, 1.82) is 0 Å². The van der Waals surface area contributed by atoms with Crippen LogP contribution in [0, 0.1) is 0 Å². The average molecular weight is 730 g/mol. The van der Waals surface area contributed by atoms with Crippen LogP contribution in [0.2, 0.25) is 0 Å². The van der Waals surface area contributed by atoms with Crippen molar-refractivity contribution in [1.82, 2.24) is 0 Å². The number of hydrogen-bond acceptors (Lipinski definition) is 0. The Bertz CT molecular complexity index is 837. The Morgan fingerprint density at radius 2 is 0.545 bits per heavy atom. The molecule has 0 spiro atoms. The third-order valence-electron chi connectivity index (χ3n) is 15.2. The first kappa shape index (κ1) is 34.9. The van der Waals surface area contributed by atoms with Crippen LogP contribution in [0.1, 0.15) is 206 Å². The molecule has 0 unspecified atom stereocenters. The van der Waals surface area contributed by atoms with Crippen molar-refractivity contribution < 1.29 is 17.9 Å². The van der Waals surface area contributed by atoms with Crippen LogP contribution in [0.5, 0.6) is 0 Å². The summed E-state index contributed by atoms with van der Waals surface area (Å²) in [6.45, 7) is 5.39. The molecule has 0 amide bonds. The third-order valence-corrected chi connectivity index (χ3v) is 32.7. The summed E-state index contributed by atoms with van der Waals surface area (Å²) >= 11 is 3.76. The zero-order valence-corrected chi connectivity index (χ0v) is 33.3. The average Bonchev–Trinajstić information content (AvgIpc) is 3.10. The molecule has 44 heavy (non-hydrogen) atoms. The van der Waals surface area contributed by atoms with Crippen molar-refractivity contribution >= 4 is 18.4 Å². The fraction of sp³-hybridized carbons (Fsp3) is 0.927. The summed E-state index contributed by atoms with van der Waals surface area (Å²) in [5.41, 5.74) is 8.46. The van der Waals surface area contributed by atoms with Gasteiger partial charge in [0.1, 0.15) is 0 Å². The van der Waals surface area contributed by atoms with Crippen LogP contribution in [-0.4, -0.2) is 37.8 Å². The molecule has 0 aliphatic heterocycles. The molecule has 0 heterocycles. The van der Waals surface area contributed by atoms with Crippen LogP contribution < -0.4 is 0 Å². The maximum atomic E-state index is 3.76. The van der Waals surface area contributed by atoms with Gasteiger partial charge in [-0.3, -0.25) is 0 Å². The van der Waals surface area contributed by atoms with Gasteiger partial charge in [0.25, 0.3) is 0 Å². The Labute approximate surface area is 286 Å². The van der Waals surface area contributed by atoms with Gasteiger partial charge in [-0.1, -0.05) is 0 Å². The molecular formula is C41H74P2Ru. The zero-order chi connectivity index (χ0) is 30.4. The first-order valence-electron chi connectivity index (χ1n) is 20.8. The second kappa shape index (κ2) is 16.7. The van der Waals surface area contributed by atoms with E-state index in [4.69, 9.17) is 0 Å². The summed E-state index contributed by atoms with van der Waals surface area (Å²) in [6, 6.07) is 0. The van der Waals surface area contributed by atoms with E-state index in [1.54, 1.807) is 154 Å². The van der Waals surface area contributed by atoms with Gasteiger partial charge in [0.15, 0.2) is 0 Å². The summed E-state index contributed by atoms with van der Waals surface area (Å²) < 4.78 is 2.19. The van der Waals surface area contributed by atoms with Gasteiger partial charge in [0.2, 0.25) is 0 Å². The van der Waals surface area contributed by atoms with E-state index in [2.05, 4.69) is 40.9 Å². The van der Waals surface area contributed by atoms with E-state index in [-0.39, 0.29) is 0 Å². The molecule has 6 saturated carbocycles.